The van der Waals surface area contributed by atoms with E-state index >= 15 is 0 Å². The Kier molecular flexibility index (Phi) is 25.6. The predicted molar refractivity (Wildman–Crippen MR) is 186 cm³/mol. The van der Waals surface area contributed by atoms with Gasteiger partial charge in [0.25, 0.3) is 23.2 Å². The Balaban J connectivity index is 0. The molecule has 2 amide bonds. The number of benzene rings is 4. The van der Waals surface area contributed by atoms with E-state index in [4.69, 9.17) is 0 Å². The summed E-state index contributed by atoms with van der Waals surface area (Å²) in [6, 6.07) is 17.6. The molecule has 0 atom stereocenters. The average Bonchev–Trinajstić information content (AvgIpc) is 3.12. The molecule has 0 aromatic heterocycles. The smallest absolute Gasteiger partial charge is 0.874 e. The Morgan fingerprint density at radius 2 is 0.871 bits per heavy atom. The number of carbonyl (C=O) groups excluding carboxylic acids is 2. The average molecular weight is 967 g/mol. The second-order valence-electron chi connectivity index (χ2n) is 10.9. The Hall–Kier alpha value is -4.17. The number of hydrogen-bond donors (Lipinski definition) is 2. The summed E-state index contributed by atoms with van der Waals surface area (Å²) in [7, 11) is -10.7. The van der Waals surface area contributed by atoms with E-state index in [1.54, 1.807) is 36.4 Å². The molecule has 62 heavy (non-hydrogen) atoms. The van der Waals surface area contributed by atoms with Gasteiger partial charge in [0.2, 0.25) is 0 Å². The van der Waals surface area contributed by atoms with Gasteiger partial charge >= 0.3 is 105 Å². The van der Waals surface area contributed by atoms with Crippen molar-refractivity contribution >= 4 is 66.2 Å². The third-order valence-electron chi connectivity index (χ3n) is 6.68. The van der Waals surface area contributed by atoms with Gasteiger partial charge in [-0.2, -0.15) is 10.2 Å². The maximum absolute atomic E-state index is 12.2. The number of hydrogen-bond acceptors (Lipinski definition) is 20. The van der Waals surface area contributed by atoms with E-state index in [9.17, 15) is 76.2 Å². The fourth-order valence-corrected chi connectivity index (χ4v) is 5.25. The molecule has 4 aromatic carbocycles. The summed E-state index contributed by atoms with van der Waals surface area (Å²) in [5.41, 5.74) is -4.49. The first-order valence-corrected chi connectivity index (χ1v) is 18.1. The van der Waals surface area contributed by atoms with Gasteiger partial charge in [-0.1, -0.05) is 61.7 Å². The van der Waals surface area contributed by atoms with Crippen molar-refractivity contribution in [2.24, 2.45) is 20.5 Å². The minimum atomic E-state index is -5.35. The largest absolute Gasteiger partial charge is 3.00 e. The maximum Gasteiger partial charge on any atom is 3.00 e. The van der Waals surface area contributed by atoms with Crippen LogP contribution in [0.2, 0.25) is 0 Å². The molecular weight excluding hydrogens is 944 g/mol. The molecule has 30 heteroatoms. The third-order valence-corrected chi connectivity index (χ3v) is 8.36. The van der Waals surface area contributed by atoms with Crippen molar-refractivity contribution in [3.63, 3.8) is 0 Å². The van der Waals surface area contributed by atoms with Crippen LogP contribution in [0.1, 0.15) is 13.8 Å². The molecule has 0 aliphatic rings. The zero-order valence-corrected chi connectivity index (χ0v) is 41.1. The first kappa shape index (κ1) is 59.9. The number of nitrogens with one attached hydrogen (secondary N) is 2. The van der Waals surface area contributed by atoms with E-state index in [2.05, 4.69) is 31.1 Å². The van der Waals surface area contributed by atoms with Crippen LogP contribution in [0.5, 0.6) is 11.5 Å². The molecule has 0 saturated carbocycles. The van der Waals surface area contributed by atoms with Gasteiger partial charge in [0.05, 0.1) is 31.0 Å². The zero-order chi connectivity index (χ0) is 43.5. The molecule has 4 aromatic rings. The van der Waals surface area contributed by atoms with Gasteiger partial charge in [-0.25, -0.2) is 16.8 Å². The van der Waals surface area contributed by atoms with Crippen LogP contribution in [0.4, 0.5) is 34.1 Å². The molecular formula is C32H22CoN8Na3O16S2. The number of nitrogens with zero attached hydrogens (tertiary/aromatic N) is 6. The number of para-hydroxylation sites is 2. The fraction of sp³-hybridized carbons (Fsp3) is 0.0625. The van der Waals surface area contributed by atoms with Crippen molar-refractivity contribution in [2.75, 3.05) is 10.6 Å². The Bertz CT molecular complexity index is 2450. The molecule has 0 heterocycles. The number of amides is 2. The van der Waals surface area contributed by atoms with Crippen LogP contribution in [-0.2, 0) is 46.6 Å². The number of anilines is 2. The minimum absolute atomic E-state index is 0. The van der Waals surface area contributed by atoms with Crippen molar-refractivity contribution in [1.82, 2.24) is 0 Å². The summed E-state index contributed by atoms with van der Waals surface area (Å²) in [5, 5.41) is 87.4. The summed E-state index contributed by atoms with van der Waals surface area (Å²) in [4.78, 5) is 41.3. The second-order valence-corrected chi connectivity index (χ2v) is 13.6. The van der Waals surface area contributed by atoms with Crippen LogP contribution in [0.3, 0.4) is 0 Å². The number of carbonyl (C=O) groups is 2. The SMILES string of the molecule is C/C([O-])=C(/N=Nc1cc([N+](=O)[O-])cc(S(=O)(=O)[O-])c1[O-])C(=O)Nc1ccccc1.CC([O-])=C(N=Nc1cc([N+](=O)[O-])cc(S(=O)(=O)[O-])c1[O-])C(=O)Nc1ccccc1.[Co+3].[Na+].[Na+].[Na+]. The van der Waals surface area contributed by atoms with E-state index in [0.717, 1.165) is 13.8 Å². The number of nitro groups is 2. The van der Waals surface area contributed by atoms with Gasteiger partial charge in [0.15, 0.2) is 0 Å². The Morgan fingerprint density at radius 1 is 0.581 bits per heavy atom. The summed E-state index contributed by atoms with van der Waals surface area (Å²) < 4.78 is 67.0. The molecule has 0 radical (unpaired) electrons. The monoisotopic (exact) mass is 966 g/mol. The Labute approximate surface area is 427 Å². The molecule has 0 unspecified atom stereocenters. The van der Waals surface area contributed by atoms with Gasteiger partial charge in [-0.15, -0.1) is 21.7 Å². The summed E-state index contributed by atoms with van der Waals surface area (Å²) >= 11 is 0. The van der Waals surface area contributed by atoms with Crippen molar-refractivity contribution in [3.8, 4) is 11.5 Å². The minimum Gasteiger partial charge on any atom is -0.874 e. The van der Waals surface area contributed by atoms with E-state index in [0.29, 0.717) is 35.6 Å². The van der Waals surface area contributed by atoms with Crippen molar-refractivity contribution < 1.29 is 171 Å². The standard InChI is InChI=1S/2C16H14N4O8S.Co.3Na/c2*1-9(21)14(16(23)17-10-5-3-2-4-6-10)19-18-12-7-11(20(24)25)8-13(15(12)22)29(26,27)28;;;;/h2*2-8,21-22H,1H3,(H,17,23)(H,26,27,28);;;;/q;;+3;3*+1/p-6/b14-9-,19-18?;;;;;. The first-order valence-electron chi connectivity index (χ1n) is 15.2. The molecule has 0 saturated heterocycles. The van der Waals surface area contributed by atoms with Crippen LogP contribution in [0.25, 0.3) is 0 Å². The number of allylic oxidation sites excluding steroid dienone is 2. The molecule has 0 fully saturated rings. The number of non-ortho nitro benzene ring substituents is 2. The zero-order valence-electron chi connectivity index (χ0n) is 32.4. The van der Waals surface area contributed by atoms with E-state index in [1.807, 2.05) is 0 Å². The van der Waals surface area contributed by atoms with Crippen LogP contribution in [0.15, 0.2) is 138 Å². The first-order chi connectivity index (χ1) is 27.0. The predicted octanol–water partition coefficient (Wildman–Crippen LogP) is -7.22. The van der Waals surface area contributed by atoms with Gasteiger partial charge in [-0.05, 0) is 24.3 Å². The van der Waals surface area contributed by atoms with Gasteiger partial charge < -0.3 is 40.2 Å². The second kappa shape index (κ2) is 26.5. The van der Waals surface area contributed by atoms with E-state index in [1.165, 1.54) is 24.3 Å². The third kappa shape index (κ3) is 17.5. The molecule has 0 aliphatic heterocycles. The molecule has 0 spiro atoms. The number of azo groups is 2. The number of rotatable bonds is 12. The van der Waals surface area contributed by atoms with E-state index in [-0.39, 0.29) is 105 Å². The maximum atomic E-state index is 12.2. The normalized spacial score (nSPS) is 11.7. The fourth-order valence-electron chi connectivity index (χ4n) is 4.06. The van der Waals surface area contributed by atoms with Crippen molar-refractivity contribution in [1.29, 1.82) is 0 Å². The summed E-state index contributed by atoms with van der Waals surface area (Å²) in [6.07, 6.45) is 0. The van der Waals surface area contributed by atoms with Crippen molar-refractivity contribution in [3.05, 3.63) is 128 Å². The molecule has 4 rings (SSSR count). The van der Waals surface area contributed by atoms with Crippen LogP contribution in [-0.4, -0.2) is 47.6 Å². The van der Waals surface area contributed by atoms with Gasteiger partial charge in [0.1, 0.15) is 31.6 Å². The van der Waals surface area contributed by atoms with Gasteiger partial charge in [-0.3, -0.25) is 29.8 Å². The van der Waals surface area contributed by atoms with E-state index < -0.39 is 109 Å². The molecule has 2 N–H and O–H groups in total. The molecule has 24 nitrogen and oxygen atoms in total. The Morgan fingerprint density at radius 3 is 1.11 bits per heavy atom. The molecule has 310 valence electrons. The molecule has 0 bridgehead atoms. The van der Waals surface area contributed by atoms with Crippen LogP contribution < -0.4 is 120 Å². The summed E-state index contributed by atoms with van der Waals surface area (Å²) in [5.74, 6) is -6.58. The topological polar surface area (TPSA) is 401 Å². The van der Waals surface area contributed by atoms with Crippen LogP contribution in [0, 0.1) is 20.2 Å². The molecule has 0 aliphatic carbocycles. The quantitative estimate of drug-likeness (QED) is 0.0253. The van der Waals surface area contributed by atoms with Gasteiger partial charge in [0, 0.05) is 35.6 Å². The number of nitro benzene ring substituents is 2. The van der Waals surface area contributed by atoms with Crippen molar-refractivity contribution in [2.45, 2.75) is 23.6 Å². The summed E-state index contributed by atoms with van der Waals surface area (Å²) in [6.45, 7) is 1.97. The van der Waals surface area contributed by atoms with Crippen LogP contribution >= 0.6 is 0 Å².